The summed E-state index contributed by atoms with van der Waals surface area (Å²) in [7, 11) is 0. The van der Waals surface area contributed by atoms with Crippen molar-refractivity contribution in [2.24, 2.45) is 5.92 Å². The molecule has 0 unspecified atom stereocenters. The molecule has 26 heavy (non-hydrogen) atoms. The molecule has 138 valence electrons. The van der Waals surface area contributed by atoms with Gasteiger partial charge in [-0.2, -0.15) is 0 Å². The molecule has 1 aromatic heterocycles. The first kappa shape index (κ1) is 17.4. The molecule has 2 saturated heterocycles. The minimum atomic E-state index is 0.793. The average Bonchev–Trinajstić information content (AvgIpc) is 2.69. The summed E-state index contributed by atoms with van der Waals surface area (Å²) in [5.41, 5.74) is 1.20. The minimum Gasteiger partial charge on any atom is -0.368 e. The van der Waals surface area contributed by atoms with Crippen LogP contribution in [0.3, 0.4) is 0 Å². The van der Waals surface area contributed by atoms with Crippen LogP contribution in [0.5, 0.6) is 0 Å². The maximum absolute atomic E-state index is 6.13. The molecule has 3 heterocycles. The zero-order valence-corrected chi connectivity index (χ0v) is 16.1. The maximum Gasteiger partial charge on any atom is 0.134 e. The Morgan fingerprint density at radius 2 is 1.46 bits per heavy atom. The molecule has 4 rings (SSSR count). The van der Waals surface area contributed by atoms with Crippen molar-refractivity contribution < 1.29 is 0 Å². The number of piperidine rings is 1. The largest absolute Gasteiger partial charge is 0.368 e. The molecular weight excluding hydrogens is 346 g/mol. The fraction of sp³-hybridized carbons (Fsp3) is 0.500. The summed E-state index contributed by atoms with van der Waals surface area (Å²) in [6.45, 7) is 8.39. The van der Waals surface area contributed by atoms with Crippen molar-refractivity contribution in [3.63, 3.8) is 0 Å². The van der Waals surface area contributed by atoms with Crippen LogP contribution >= 0.6 is 11.6 Å². The van der Waals surface area contributed by atoms with Crippen molar-refractivity contribution >= 4 is 28.9 Å². The summed E-state index contributed by atoms with van der Waals surface area (Å²) in [5.74, 6) is 2.94. The van der Waals surface area contributed by atoms with Crippen LogP contribution in [0, 0.1) is 5.92 Å². The van der Waals surface area contributed by atoms with Crippen LogP contribution in [-0.4, -0.2) is 49.2 Å². The Bertz CT molecular complexity index is 736. The minimum absolute atomic E-state index is 0.793. The van der Waals surface area contributed by atoms with E-state index < -0.39 is 0 Å². The van der Waals surface area contributed by atoms with E-state index >= 15 is 0 Å². The van der Waals surface area contributed by atoms with Crippen LogP contribution in [0.4, 0.5) is 17.3 Å². The Morgan fingerprint density at radius 1 is 0.846 bits per heavy atom. The molecule has 0 atom stereocenters. The molecule has 6 heteroatoms. The van der Waals surface area contributed by atoms with Gasteiger partial charge in [0.2, 0.25) is 0 Å². The third-order valence-electron chi connectivity index (χ3n) is 5.52. The number of piperazine rings is 1. The maximum atomic E-state index is 6.13. The number of aromatic nitrogens is 2. The molecular formula is C20H26ClN5. The van der Waals surface area contributed by atoms with Gasteiger partial charge in [0.1, 0.15) is 18.0 Å². The number of halogens is 1. The molecule has 1 aromatic carbocycles. The summed E-state index contributed by atoms with van der Waals surface area (Å²) >= 11 is 6.13. The Hall–Kier alpha value is -2.01. The summed E-state index contributed by atoms with van der Waals surface area (Å²) < 4.78 is 0. The van der Waals surface area contributed by atoms with E-state index in [1.54, 1.807) is 6.33 Å². The van der Waals surface area contributed by atoms with Gasteiger partial charge in [-0.15, -0.1) is 0 Å². The van der Waals surface area contributed by atoms with E-state index in [9.17, 15) is 0 Å². The summed E-state index contributed by atoms with van der Waals surface area (Å²) in [6, 6.07) is 10.3. The fourth-order valence-corrected chi connectivity index (χ4v) is 3.97. The second-order valence-corrected chi connectivity index (χ2v) is 7.79. The Morgan fingerprint density at radius 3 is 2.12 bits per heavy atom. The van der Waals surface area contributed by atoms with Crippen molar-refractivity contribution in [1.82, 2.24) is 9.97 Å². The molecule has 0 bridgehead atoms. The zero-order chi connectivity index (χ0) is 17.9. The number of hydrogen-bond acceptors (Lipinski definition) is 5. The first-order valence-electron chi connectivity index (χ1n) is 9.51. The van der Waals surface area contributed by atoms with Crippen LogP contribution in [0.25, 0.3) is 0 Å². The zero-order valence-electron chi connectivity index (χ0n) is 15.3. The van der Waals surface area contributed by atoms with Crippen molar-refractivity contribution in [1.29, 1.82) is 0 Å². The lowest BCUT2D eigenvalue weighted by Crippen LogP contribution is -2.47. The van der Waals surface area contributed by atoms with Crippen molar-refractivity contribution in [3.8, 4) is 0 Å². The lowest BCUT2D eigenvalue weighted by atomic mass is 9.99. The Labute approximate surface area is 160 Å². The third kappa shape index (κ3) is 3.88. The van der Waals surface area contributed by atoms with E-state index in [0.29, 0.717) is 0 Å². The molecule has 2 aliphatic heterocycles. The van der Waals surface area contributed by atoms with Gasteiger partial charge in [-0.1, -0.05) is 24.6 Å². The molecule has 0 aliphatic carbocycles. The summed E-state index contributed by atoms with van der Waals surface area (Å²) in [5, 5.41) is 0.793. The van der Waals surface area contributed by atoms with Gasteiger partial charge in [-0.25, -0.2) is 9.97 Å². The highest BCUT2D eigenvalue weighted by Crippen LogP contribution is 2.25. The van der Waals surface area contributed by atoms with Crippen LogP contribution in [-0.2, 0) is 0 Å². The second kappa shape index (κ2) is 7.70. The van der Waals surface area contributed by atoms with Gasteiger partial charge in [0.15, 0.2) is 0 Å². The quantitative estimate of drug-likeness (QED) is 0.822. The lowest BCUT2D eigenvalue weighted by molar-refractivity contribution is 0.436. The van der Waals surface area contributed by atoms with E-state index in [2.05, 4.69) is 43.7 Å². The molecule has 2 aromatic rings. The van der Waals surface area contributed by atoms with Gasteiger partial charge < -0.3 is 14.7 Å². The molecule has 0 radical (unpaired) electrons. The third-order valence-corrected chi connectivity index (χ3v) is 5.76. The molecule has 2 aliphatic rings. The predicted molar refractivity (Wildman–Crippen MR) is 109 cm³/mol. The highest BCUT2D eigenvalue weighted by atomic mass is 35.5. The highest BCUT2D eigenvalue weighted by molar-refractivity contribution is 6.30. The topological polar surface area (TPSA) is 35.5 Å². The lowest BCUT2D eigenvalue weighted by Gasteiger charge is -2.37. The van der Waals surface area contributed by atoms with Gasteiger partial charge in [0.05, 0.1) is 0 Å². The smallest absolute Gasteiger partial charge is 0.134 e. The highest BCUT2D eigenvalue weighted by Gasteiger charge is 2.21. The number of anilines is 3. The second-order valence-electron chi connectivity index (χ2n) is 7.36. The number of hydrogen-bond donors (Lipinski definition) is 0. The molecule has 0 spiro atoms. The Kier molecular flexibility index (Phi) is 5.16. The number of nitrogens with zero attached hydrogens (tertiary/aromatic N) is 5. The van der Waals surface area contributed by atoms with Gasteiger partial charge in [0.25, 0.3) is 0 Å². The van der Waals surface area contributed by atoms with Crippen LogP contribution < -0.4 is 14.7 Å². The van der Waals surface area contributed by atoms with Crippen molar-refractivity contribution in [2.45, 2.75) is 19.8 Å². The SMILES string of the molecule is CC1CCN(c2cc(N3CCN(c4cccc(Cl)c4)CC3)ncn2)CC1. The van der Waals surface area contributed by atoms with Gasteiger partial charge in [-0.3, -0.25) is 0 Å². The molecule has 2 fully saturated rings. The monoisotopic (exact) mass is 371 g/mol. The standard InChI is InChI=1S/C20H26ClN5/c1-16-5-7-25(8-6-16)19-14-20(23-15-22-19)26-11-9-24(10-12-26)18-4-2-3-17(21)13-18/h2-4,13-16H,5-12H2,1H3. The van der Waals surface area contributed by atoms with E-state index in [1.807, 2.05) is 18.2 Å². The van der Waals surface area contributed by atoms with E-state index in [1.165, 1.54) is 18.5 Å². The van der Waals surface area contributed by atoms with E-state index in [0.717, 1.165) is 61.8 Å². The van der Waals surface area contributed by atoms with E-state index in [-0.39, 0.29) is 0 Å². The summed E-state index contributed by atoms with van der Waals surface area (Å²) in [4.78, 5) is 16.2. The van der Waals surface area contributed by atoms with Gasteiger partial charge in [-0.05, 0) is 37.0 Å². The Balaban J connectivity index is 1.41. The first-order chi connectivity index (χ1) is 12.7. The number of benzene rings is 1. The molecule has 0 N–H and O–H groups in total. The van der Waals surface area contributed by atoms with E-state index in [4.69, 9.17) is 11.6 Å². The normalized spacial score (nSPS) is 19.1. The van der Waals surface area contributed by atoms with Crippen LogP contribution in [0.15, 0.2) is 36.7 Å². The van der Waals surface area contributed by atoms with Crippen molar-refractivity contribution in [2.75, 3.05) is 54.0 Å². The molecule has 0 saturated carbocycles. The molecule has 5 nitrogen and oxygen atoms in total. The fourth-order valence-electron chi connectivity index (χ4n) is 3.79. The predicted octanol–water partition coefficient (Wildman–Crippen LogP) is 3.69. The summed E-state index contributed by atoms with van der Waals surface area (Å²) in [6.07, 6.45) is 4.21. The molecule has 0 amide bonds. The van der Waals surface area contributed by atoms with Crippen molar-refractivity contribution in [3.05, 3.63) is 41.7 Å². The van der Waals surface area contributed by atoms with Crippen LogP contribution in [0.1, 0.15) is 19.8 Å². The first-order valence-corrected chi connectivity index (χ1v) is 9.89. The van der Waals surface area contributed by atoms with Crippen LogP contribution in [0.2, 0.25) is 5.02 Å². The average molecular weight is 372 g/mol. The van der Waals surface area contributed by atoms with Gasteiger partial charge >= 0.3 is 0 Å². The number of rotatable bonds is 3. The van der Waals surface area contributed by atoms with Gasteiger partial charge in [0, 0.05) is 56.0 Å².